The van der Waals surface area contributed by atoms with Crippen molar-refractivity contribution in [3.63, 3.8) is 0 Å². The summed E-state index contributed by atoms with van der Waals surface area (Å²) in [5.74, 6) is 0. The molecule has 15 aromatic carbocycles. The van der Waals surface area contributed by atoms with E-state index in [1.807, 2.05) is 125 Å². The molecule has 612 valence electrons. The van der Waals surface area contributed by atoms with E-state index in [-0.39, 0.29) is 0 Å². The molecule has 0 aliphatic heterocycles. The topological polar surface area (TPSA) is 0 Å². The van der Waals surface area contributed by atoms with Gasteiger partial charge in [-0.25, -0.2) is 0 Å². The number of hydrogen-bond donors (Lipinski definition) is 0. The minimum absolute atomic E-state index is 1.33. The van der Waals surface area contributed by atoms with Crippen molar-refractivity contribution >= 4 is 64.6 Å². The first-order valence-corrected chi connectivity index (χ1v) is 42.9. The third kappa shape index (κ3) is 41.1. The first kappa shape index (κ1) is 108. The van der Waals surface area contributed by atoms with Gasteiger partial charge in [0.1, 0.15) is 0 Å². The Morgan fingerprint density at radius 2 is 0.325 bits per heavy atom. The monoisotopic (exact) mass is 1530 g/mol. The van der Waals surface area contributed by atoms with Crippen molar-refractivity contribution in [1.29, 1.82) is 0 Å². The highest BCUT2D eigenvalue weighted by Crippen LogP contribution is 2.25. The van der Waals surface area contributed by atoms with Crippen LogP contribution in [0.5, 0.6) is 0 Å². The van der Waals surface area contributed by atoms with Gasteiger partial charge in [0.05, 0.1) is 0 Å². The van der Waals surface area contributed by atoms with Gasteiger partial charge in [-0.3, -0.25) is 0 Å². The van der Waals surface area contributed by atoms with Crippen LogP contribution < -0.4 is 0 Å². The van der Waals surface area contributed by atoms with E-state index in [0.29, 0.717) is 0 Å². The maximum absolute atomic E-state index is 2.22. The van der Waals surface area contributed by atoms with Crippen molar-refractivity contribution in [3.05, 3.63) is 391 Å². The summed E-state index contributed by atoms with van der Waals surface area (Å²) in [7, 11) is 0. The van der Waals surface area contributed by atoms with Crippen molar-refractivity contribution in [2.45, 2.75) is 249 Å². The highest BCUT2D eigenvalue weighted by molar-refractivity contribution is 5.90. The average Bonchev–Trinajstić information content (AvgIpc) is 0.866. The second kappa shape index (κ2) is 65.3. The van der Waals surface area contributed by atoms with Gasteiger partial charge in [0.25, 0.3) is 0 Å². The van der Waals surface area contributed by atoms with Crippen LogP contribution in [0.2, 0.25) is 0 Å². The van der Waals surface area contributed by atoms with Gasteiger partial charge >= 0.3 is 0 Å². The average molecular weight is 1530 g/mol. The quantitative estimate of drug-likeness (QED) is 0.142. The van der Waals surface area contributed by atoms with Crippen LogP contribution in [0, 0.1) is 125 Å². The van der Waals surface area contributed by atoms with Crippen LogP contribution in [0.3, 0.4) is 0 Å². The molecule has 0 N–H and O–H groups in total. The van der Waals surface area contributed by atoms with E-state index in [0.717, 1.165) is 0 Å². The Morgan fingerprint density at radius 3 is 0.675 bits per heavy atom. The molecule has 15 rings (SSSR count). The summed E-state index contributed by atoms with van der Waals surface area (Å²) in [5.41, 5.74) is 24.2. The second-order valence-corrected chi connectivity index (χ2v) is 26.2. The standard InChI is InChI=1S/6C12H12.3C8H10.9C2H6/c1-9-3-5-12-8-10(2)4-6-11(12)7-9;1-9-3-5-11-6-4-10(2)8-12(11)7-9;1-9-5-3-8-12-10(2)6-4-7-11(9)12;1-9-6-7-12-10(2)4-3-5-11(12)8-9;1-9-7-10(2)12-6-4-3-5-11(12)8-9;1-9-7-8-10(2)12-6-4-3-5-11(9)12;1-7-3-5-8(2)6-4-7;1-7-4-3-5-8(2)6-7;1-7-5-3-4-6-8(7)2;9*1-2/h6*3-8H,1-2H3;3*3-6H,1-2H3;9*1-2H3. The maximum atomic E-state index is 2.22. The molecule has 0 aliphatic rings. The maximum Gasteiger partial charge on any atom is -0.0152 e. The molecule has 15 aromatic rings. The van der Waals surface area contributed by atoms with Crippen molar-refractivity contribution in [2.24, 2.45) is 0 Å². The molecular weight excluding hydrogens is 1370 g/mol. The van der Waals surface area contributed by atoms with Crippen molar-refractivity contribution in [3.8, 4) is 0 Å². The number of rotatable bonds is 0. The lowest BCUT2D eigenvalue weighted by Crippen LogP contribution is -1.80. The molecule has 0 fully saturated rings. The molecular formula is C114H156. The lowest BCUT2D eigenvalue weighted by Gasteiger charge is -2.03. The molecule has 0 aromatic heterocycles. The van der Waals surface area contributed by atoms with Gasteiger partial charge in [0.15, 0.2) is 0 Å². The molecule has 0 atom stereocenters. The van der Waals surface area contributed by atoms with Crippen molar-refractivity contribution < 1.29 is 0 Å². The van der Waals surface area contributed by atoms with Gasteiger partial charge in [0, 0.05) is 0 Å². The number of hydrogen-bond acceptors (Lipinski definition) is 0. The summed E-state index contributed by atoms with van der Waals surface area (Å²) in [5, 5.41) is 16.2. The highest BCUT2D eigenvalue weighted by atomic mass is 14.1. The molecule has 0 amide bonds. The molecule has 114 heavy (non-hydrogen) atoms. The molecule has 0 nitrogen and oxygen atoms in total. The van der Waals surface area contributed by atoms with Crippen LogP contribution in [0.1, 0.15) is 225 Å². The molecule has 0 heteroatoms. The van der Waals surface area contributed by atoms with E-state index in [1.165, 1.54) is 165 Å². The minimum Gasteiger partial charge on any atom is -0.0683 e. The Labute approximate surface area is 700 Å². The van der Waals surface area contributed by atoms with E-state index >= 15 is 0 Å². The molecule has 0 heterocycles. The lowest BCUT2D eigenvalue weighted by molar-refractivity contribution is 1.34. The van der Waals surface area contributed by atoms with Gasteiger partial charge in [-0.2, -0.15) is 0 Å². The third-order valence-electron chi connectivity index (χ3n) is 17.3. The molecule has 0 bridgehead atoms. The van der Waals surface area contributed by atoms with Gasteiger partial charge in [-0.1, -0.05) is 471 Å². The van der Waals surface area contributed by atoms with E-state index < -0.39 is 0 Å². The zero-order valence-corrected chi connectivity index (χ0v) is 78.7. The summed E-state index contributed by atoms with van der Waals surface area (Å²) >= 11 is 0. The third-order valence-corrected chi connectivity index (χ3v) is 17.3. The predicted molar refractivity (Wildman–Crippen MR) is 530 cm³/mol. The smallest absolute Gasteiger partial charge is 0.0152 e. The first-order chi connectivity index (χ1) is 55.0. The summed E-state index contributed by atoms with van der Waals surface area (Å²) in [4.78, 5) is 0. The predicted octanol–water partition coefficient (Wildman–Crippen LogP) is 36.9. The lowest BCUT2D eigenvalue weighted by atomic mass is 10.0. The fraction of sp³-hybridized carbons (Fsp3) is 0.316. The molecule has 0 saturated carbocycles. The largest absolute Gasteiger partial charge is 0.0683 e. The number of benzene rings is 15. The van der Waals surface area contributed by atoms with E-state index in [2.05, 4.69) is 416 Å². The summed E-state index contributed by atoms with van der Waals surface area (Å²) in [6.07, 6.45) is 0. The summed E-state index contributed by atoms with van der Waals surface area (Å²) < 4.78 is 0. The molecule has 0 unspecified atom stereocenters. The summed E-state index contributed by atoms with van der Waals surface area (Å²) in [6, 6.07) is 103. The van der Waals surface area contributed by atoms with E-state index in [1.54, 1.807) is 0 Å². The first-order valence-electron chi connectivity index (χ1n) is 42.9. The van der Waals surface area contributed by atoms with Crippen molar-refractivity contribution in [1.82, 2.24) is 0 Å². The molecule has 0 radical (unpaired) electrons. The molecule has 0 spiro atoms. The van der Waals surface area contributed by atoms with Crippen LogP contribution in [0.25, 0.3) is 64.6 Å². The zero-order valence-electron chi connectivity index (χ0n) is 78.7. The Morgan fingerprint density at radius 1 is 0.105 bits per heavy atom. The Hall–Kier alpha value is -10.1. The fourth-order valence-electron chi connectivity index (χ4n) is 11.6. The second-order valence-electron chi connectivity index (χ2n) is 26.2. The Kier molecular flexibility index (Phi) is 61.9. The van der Waals surface area contributed by atoms with Crippen LogP contribution in [-0.2, 0) is 0 Å². The minimum atomic E-state index is 1.33. The van der Waals surface area contributed by atoms with Crippen LogP contribution in [0.4, 0.5) is 0 Å². The van der Waals surface area contributed by atoms with Gasteiger partial charge in [0.2, 0.25) is 0 Å². The normalized spacial score (nSPS) is 9.05. The highest BCUT2D eigenvalue weighted by Gasteiger charge is 2.01. The van der Waals surface area contributed by atoms with Gasteiger partial charge in [-0.05, 0) is 234 Å². The fourth-order valence-corrected chi connectivity index (χ4v) is 11.6. The van der Waals surface area contributed by atoms with Crippen molar-refractivity contribution in [2.75, 3.05) is 0 Å². The Bertz CT molecular complexity index is 4670. The Balaban J connectivity index is -0.00000119. The van der Waals surface area contributed by atoms with Crippen LogP contribution in [-0.4, -0.2) is 0 Å². The van der Waals surface area contributed by atoms with Gasteiger partial charge in [-0.15, -0.1) is 0 Å². The van der Waals surface area contributed by atoms with Crippen LogP contribution >= 0.6 is 0 Å². The van der Waals surface area contributed by atoms with E-state index in [9.17, 15) is 0 Å². The van der Waals surface area contributed by atoms with Crippen LogP contribution in [0.15, 0.2) is 291 Å². The zero-order chi connectivity index (χ0) is 87.3. The number of aryl methyl sites for hydroxylation is 18. The molecule has 0 saturated heterocycles. The molecule has 0 aliphatic carbocycles. The van der Waals surface area contributed by atoms with E-state index in [4.69, 9.17) is 0 Å². The van der Waals surface area contributed by atoms with Gasteiger partial charge < -0.3 is 0 Å². The summed E-state index contributed by atoms with van der Waals surface area (Å²) in [6.45, 7) is 74.3. The number of fused-ring (bicyclic) bond motifs is 6. The SMILES string of the molecule is CC.CC.CC.CC.CC.CC.CC.CC.CC.Cc1cc(C)c2ccccc2c1.Cc1ccc(C)c2ccccc12.Cc1ccc(C)cc1.Cc1ccc2c(C)cccc2c1.Cc1ccc2cc(C)ccc2c1.Cc1ccc2ccc(C)cc2c1.Cc1cccc(C)c1.Cc1cccc2c(C)cccc12.Cc1ccccc1C.